The van der Waals surface area contributed by atoms with Gasteiger partial charge in [-0.2, -0.15) is 5.10 Å². The number of carbonyl (C=O) groups excluding carboxylic acids is 1. The maximum Gasteiger partial charge on any atom is 0.287 e. The average Bonchev–Trinajstić information content (AvgIpc) is 3.19. The van der Waals surface area contributed by atoms with Gasteiger partial charge in [0.1, 0.15) is 0 Å². The Labute approximate surface area is 169 Å². The average molecular weight is 429 g/mol. The van der Waals surface area contributed by atoms with Crippen LogP contribution in [0, 0.1) is 11.6 Å². The topological polar surface area (TPSA) is 86.1 Å². The number of rotatable bonds is 6. The van der Waals surface area contributed by atoms with E-state index in [1.165, 1.54) is 23.0 Å². The lowest BCUT2D eigenvalue weighted by Gasteiger charge is -2.16. The van der Waals surface area contributed by atoms with Crippen LogP contribution < -0.4 is 11.1 Å². The van der Waals surface area contributed by atoms with Crippen molar-refractivity contribution >= 4 is 29.1 Å². The third kappa shape index (κ3) is 4.19. The van der Waals surface area contributed by atoms with Crippen molar-refractivity contribution in [1.82, 2.24) is 15.1 Å². The van der Waals surface area contributed by atoms with Crippen LogP contribution in [0.25, 0.3) is 11.3 Å². The molecule has 3 rings (SSSR count). The van der Waals surface area contributed by atoms with Crippen LogP contribution in [-0.4, -0.2) is 28.3 Å². The molecule has 0 aliphatic heterocycles. The fourth-order valence-electron chi connectivity index (χ4n) is 2.76. The molecule has 0 aliphatic carbocycles. The number of furan rings is 1. The van der Waals surface area contributed by atoms with E-state index in [-0.39, 0.29) is 23.9 Å². The molecule has 1 atom stereocenters. The summed E-state index contributed by atoms with van der Waals surface area (Å²) in [5, 5.41) is 7.06. The van der Waals surface area contributed by atoms with Crippen molar-refractivity contribution in [3.63, 3.8) is 0 Å². The molecule has 2 heterocycles. The second kappa shape index (κ2) is 8.30. The summed E-state index contributed by atoms with van der Waals surface area (Å²) in [4.78, 5) is 12.5. The maximum atomic E-state index is 13.4. The first-order valence-electron chi connectivity index (χ1n) is 8.22. The molecule has 148 valence electrons. The molecule has 0 saturated carbocycles. The Morgan fingerprint density at radius 3 is 2.68 bits per heavy atom. The third-order valence-electron chi connectivity index (χ3n) is 4.15. The Balaban J connectivity index is 1.76. The largest absolute Gasteiger partial charge is 0.439 e. The predicted molar refractivity (Wildman–Crippen MR) is 101 cm³/mol. The molecule has 6 nitrogen and oxygen atoms in total. The maximum absolute atomic E-state index is 13.4. The van der Waals surface area contributed by atoms with E-state index < -0.39 is 23.6 Å². The molecule has 0 radical (unpaired) electrons. The summed E-state index contributed by atoms with van der Waals surface area (Å²) in [5.41, 5.74) is 7.12. The molecular formula is C18H16Cl2F2N4O2. The van der Waals surface area contributed by atoms with Crippen LogP contribution in [0.4, 0.5) is 8.78 Å². The van der Waals surface area contributed by atoms with Gasteiger partial charge in [0.25, 0.3) is 5.91 Å². The highest BCUT2D eigenvalue weighted by atomic mass is 35.5. The lowest BCUT2D eigenvalue weighted by Crippen LogP contribution is -2.41. The number of hydrogen-bond donors (Lipinski definition) is 2. The molecule has 1 amide bonds. The second-order valence-electron chi connectivity index (χ2n) is 6.12. The van der Waals surface area contributed by atoms with Gasteiger partial charge < -0.3 is 15.5 Å². The molecule has 2 aromatic heterocycles. The zero-order chi connectivity index (χ0) is 20.4. The van der Waals surface area contributed by atoms with E-state index in [1.54, 1.807) is 7.05 Å². The van der Waals surface area contributed by atoms with E-state index in [2.05, 4.69) is 10.4 Å². The monoisotopic (exact) mass is 428 g/mol. The molecule has 1 unspecified atom stereocenters. The van der Waals surface area contributed by atoms with E-state index in [4.69, 9.17) is 33.4 Å². The van der Waals surface area contributed by atoms with Gasteiger partial charge in [0, 0.05) is 25.7 Å². The number of benzene rings is 1. The number of nitrogens with zero attached hydrogens (tertiary/aromatic N) is 2. The standard InChI is InChI=1S/C18H16Cl2F2N4O2/c1-26-16(12(19)8-24-26)11-6-15(28-17(11)20)18(27)25-10(7-23)4-9-2-3-13(21)14(22)5-9/h2-3,5-6,8,10H,4,7,23H2,1H3,(H,25,27). The van der Waals surface area contributed by atoms with E-state index >= 15 is 0 Å². The van der Waals surface area contributed by atoms with Gasteiger partial charge in [0.05, 0.1) is 22.5 Å². The molecular weight excluding hydrogens is 413 g/mol. The smallest absolute Gasteiger partial charge is 0.287 e. The van der Waals surface area contributed by atoms with E-state index in [1.807, 2.05) is 0 Å². The lowest BCUT2D eigenvalue weighted by molar-refractivity contribution is 0.0910. The minimum atomic E-state index is -0.963. The first-order valence-corrected chi connectivity index (χ1v) is 8.97. The van der Waals surface area contributed by atoms with Crippen molar-refractivity contribution in [3.05, 3.63) is 63.7 Å². The number of carbonyl (C=O) groups is 1. The Morgan fingerprint density at radius 2 is 2.07 bits per heavy atom. The van der Waals surface area contributed by atoms with Crippen LogP contribution in [-0.2, 0) is 13.5 Å². The van der Waals surface area contributed by atoms with Crippen LogP contribution in [0.1, 0.15) is 16.1 Å². The van der Waals surface area contributed by atoms with Gasteiger partial charge in [-0.1, -0.05) is 17.7 Å². The molecule has 0 fully saturated rings. The number of nitrogens with two attached hydrogens (primary N) is 1. The zero-order valence-electron chi connectivity index (χ0n) is 14.7. The van der Waals surface area contributed by atoms with Gasteiger partial charge >= 0.3 is 0 Å². The third-order valence-corrected chi connectivity index (χ3v) is 4.70. The summed E-state index contributed by atoms with van der Waals surface area (Å²) in [6, 6.07) is 4.45. The number of aromatic nitrogens is 2. The van der Waals surface area contributed by atoms with E-state index in [9.17, 15) is 13.6 Å². The number of amides is 1. The van der Waals surface area contributed by atoms with Gasteiger partial charge in [-0.15, -0.1) is 0 Å². The minimum Gasteiger partial charge on any atom is -0.439 e. The summed E-state index contributed by atoms with van der Waals surface area (Å²) in [5.74, 6) is -2.50. The van der Waals surface area contributed by atoms with Gasteiger partial charge in [-0.25, -0.2) is 8.78 Å². The molecule has 0 spiro atoms. The van der Waals surface area contributed by atoms with Crippen LogP contribution in [0.2, 0.25) is 10.2 Å². The molecule has 0 aliphatic rings. The van der Waals surface area contributed by atoms with Crippen LogP contribution >= 0.6 is 23.2 Å². The van der Waals surface area contributed by atoms with Crippen LogP contribution in [0.15, 0.2) is 34.9 Å². The quantitative estimate of drug-likeness (QED) is 0.628. The Bertz CT molecular complexity index is 1000. The number of nitrogens with one attached hydrogen (secondary N) is 1. The summed E-state index contributed by atoms with van der Waals surface area (Å²) in [6.45, 7) is 0.0829. The highest BCUT2D eigenvalue weighted by molar-refractivity contribution is 6.35. The first-order chi connectivity index (χ1) is 13.3. The summed E-state index contributed by atoms with van der Waals surface area (Å²) >= 11 is 12.2. The molecule has 0 bridgehead atoms. The van der Waals surface area contributed by atoms with Crippen molar-refractivity contribution in [2.24, 2.45) is 12.8 Å². The van der Waals surface area contributed by atoms with Crippen molar-refractivity contribution in [1.29, 1.82) is 0 Å². The highest BCUT2D eigenvalue weighted by Crippen LogP contribution is 2.35. The van der Waals surface area contributed by atoms with Crippen molar-refractivity contribution in [2.75, 3.05) is 6.54 Å². The minimum absolute atomic E-state index is 0.0134. The Hall–Kier alpha value is -2.42. The molecule has 3 aromatic rings. The molecule has 3 N–H and O–H groups in total. The Kier molecular flexibility index (Phi) is 6.02. The van der Waals surface area contributed by atoms with Crippen LogP contribution in [0.3, 0.4) is 0 Å². The zero-order valence-corrected chi connectivity index (χ0v) is 16.2. The lowest BCUT2D eigenvalue weighted by atomic mass is 10.1. The van der Waals surface area contributed by atoms with Gasteiger partial charge in [-0.3, -0.25) is 9.48 Å². The first kappa shape index (κ1) is 20.3. The van der Waals surface area contributed by atoms with Crippen molar-refractivity contribution in [3.8, 4) is 11.3 Å². The van der Waals surface area contributed by atoms with E-state index in [0.717, 1.165) is 12.1 Å². The molecule has 10 heteroatoms. The molecule has 28 heavy (non-hydrogen) atoms. The fraction of sp³-hybridized carbons (Fsp3) is 0.222. The van der Waals surface area contributed by atoms with Gasteiger partial charge in [0.15, 0.2) is 17.4 Å². The second-order valence-corrected chi connectivity index (χ2v) is 6.87. The van der Waals surface area contributed by atoms with E-state index in [0.29, 0.717) is 21.8 Å². The van der Waals surface area contributed by atoms with Crippen LogP contribution in [0.5, 0.6) is 0 Å². The van der Waals surface area contributed by atoms with Gasteiger partial charge in [0.2, 0.25) is 5.22 Å². The number of halogens is 4. The van der Waals surface area contributed by atoms with Crippen molar-refractivity contribution < 1.29 is 18.0 Å². The number of hydrogen-bond acceptors (Lipinski definition) is 4. The fourth-order valence-corrected chi connectivity index (χ4v) is 3.25. The predicted octanol–water partition coefficient (Wildman–Crippen LogP) is 3.56. The summed E-state index contributed by atoms with van der Waals surface area (Å²) in [6.07, 6.45) is 1.67. The SMILES string of the molecule is Cn1ncc(Cl)c1-c1cc(C(=O)NC(CN)Cc2ccc(F)c(F)c2)oc1Cl. The highest BCUT2D eigenvalue weighted by Gasteiger charge is 2.22. The molecule has 0 saturated heterocycles. The normalized spacial score (nSPS) is 12.2. The summed E-state index contributed by atoms with van der Waals surface area (Å²) in [7, 11) is 1.68. The van der Waals surface area contributed by atoms with Gasteiger partial charge in [-0.05, 0) is 35.7 Å². The Morgan fingerprint density at radius 1 is 1.32 bits per heavy atom. The summed E-state index contributed by atoms with van der Waals surface area (Å²) < 4.78 is 33.3. The van der Waals surface area contributed by atoms with Crippen molar-refractivity contribution in [2.45, 2.75) is 12.5 Å². The number of aryl methyl sites for hydroxylation is 1. The molecule has 1 aromatic carbocycles.